The van der Waals surface area contributed by atoms with E-state index in [1.165, 1.54) is 12.1 Å². The number of amides is 1. The van der Waals surface area contributed by atoms with E-state index in [4.69, 9.17) is 4.42 Å². The fourth-order valence-electron chi connectivity index (χ4n) is 2.97. The quantitative estimate of drug-likeness (QED) is 0.867. The van der Waals surface area contributed by atoms with Crippen LogP contribution in [0.2, 0.25) is 0 Å². The van der Waals surface area contributed by atoms with Crippen LogP contribution in [0.4, 0.5) is 15.8 Å². The van der Waals surface area contributed by atoms with Crippen molar-refractivity contribution in [2.45, 2.75) is 13.0 Å². The second kappa shape index (κ2) is 6.65. The minimum absolute atomic E-state index is 0.192. The van der Waals surface area contributed by atoms with Gasteiger partial charge in [0.2, 0.25) is 0 Å². The smallest absolute Gasteiger partial charge is 0.294 e. The Morgan fingerprint density at radius 2 is 2.00 bits per heavy atom. The van der Waals surface area contributed by atoms with Crippen molar-refractivity contribution in [2.24, 2.45) is 0 Å². The van der Waals surface area contributed by atoms with Gasteiger partial charge in [0.05, 0.1) is 17.9 Å². The van der Waals surface area contributed by atoms with Crippen LogP contribution < -0.4 is 9.80 Å². The van der Waals surface area contributed by atoms with Gasteiger partial charge in [-0.15, -0.1) is 0 Å². The molecule has 0 aliphatic carbocycles. The molecule has 0 atom stereocenters. The highest BCUT2D eigenvalue weighted by molar-refractivity contribution is 6.06. The molecule has 2 heterocycles. The zero-order valence-corrected chi connectivity index (χ0v) is 14.3. The van der Waals surface area contributed by atoms with Crippen LogP contribution in [0.1, 0.15) is 22.7 Å². The van der Waals surface area contributed by atoms with Crippen LogP contribution in [-0.4, -0.2) is 45.0 Å². The molecule has 6 heteroatoms. The zero-order chi connectivity index (χ0) is 17.3. The molecule has 2 aromatic rings. The Morgan fingerprint density at radius 1 is 1.21 bits per heavy atom. The molecule has 1 aromatic heterocycles. The van der Waals surface area contributed by atoms with Gasteiger partial charge in [-0.2, -0.15) is 0 Å². The third-order valence-corrected chi connectivity index (χ3v) is 4.10. The molecule has 5 nitrogen and oxygen atoms in total. The van der Waals surface area contributed by atoms with E-state index in [9.17, 15) is 9.18 Å². The van der Waals surface area contributed by atoms with Gasteiger partial charge in [0.1, 0.15) is 11.6 Å². The highest BCUT2D eigenvalue weighted by Gasteiger charge is 2.26. The second-order valence-corrected chi connectivity index (χ2v) is 6.37. The Balaban J connectivity index is 1.92. The highest BCUT2D eigenvalue weighted by atomic mass is 19.1. The zero-order valence-electron chi connectivity index (χ0n) is 14.3. The van der Waals surface area contributed by atoms with Gasteiger partial charge < -0.3 is 19.1 Å². The van der Waals surface area contributed by atoms with Crippen LogP contribution in [0.15, 0.2) is 34.7 Å². The Labute approximate surface area is 141 Å². The average Bonchev–Trinajstić information content (AvgIpc) is 2.92. The Hall–Kier alpha value is -2.34. The molecule has 0 saturated heterocycles. The molecule has 0 unspecified atom stereocenters. The summed E-state index contributed by atoms with van der Waals surface area (Å²) < 4.78 is 19.3. The van der Waals surface area contributed by atoms with E-state index in [1.807, 2.05) is 37.0 Å². The molecule has 0 spiro atoms. The third kappa shape index (κ3) is 3.28. The van der Waals surface area contributed by atoms with Crippen molar-refractivity contribution in [2.75, 3.05) is 44.0 Å². The van der Waals surface area contributed by atoms with Crippen molar-refractivity contribution in [3.63, 3.8) is 0 Å². The summed E-state index contributed by atoms with van der Waals surface area (Å²) in [5.74, 6) is 0.561. The first-order chi connectivity index (χ1) is 11.5. The molecule has 0 fully saturated rings. The van der Waals surface area contributed by atoms with Crippen LogP contribution in [0.5, 0.6) is 0 Å². The second-order valence-electron chi connectivity index (χ2n) is 6.37. The summed E-state index contributed by atoms with van der Waals surface area (Å²) >= 11 is 0. The molecule has 1 amide bonds. The average molecular weight is 331 g/mol. The van der Waals surface area contributed by atoms with E-state index >= 15 is 0 Å². The largest absolute Gasteiger partial charge is 0.455 e. The minimum atomic E-state index is -0.304. The number of hydrogen-bond donors (Lipinski definition) is 0. The molecule has 0 saturated carbocycles. The normalized spacial score (nSPS) is 14.7. The first kappa shape index (κ1) is 16.5. The molecular weight excluding hydrogens is 309 g/mol. The predicted octanol–water partition coefficient (Wildman–Crippen LogP) is 2.97. The van der Waals surface area contributed by atoms with Gasteiger partial charge in [-0.05, 0) is 50.8 Å². The van der Waals surface area contributed by atoms with Crippen LogP contribution >= 0.6 is 0 Å². The van der Waals surface area contributed by atoms with Crippen molar-refractivity contribution in [3.8, 4) is 0 Å². The first-order valence-electron chi connectivity index (χ1n) is 8.01. The van der Waals surface area contributed by atoms with E-state index in [0.717, 1.165) is 24.4 Å². The maximum atomic E-state index is 13.6. The number of halogens is 1. The summed E-state index contributed by atoms with van der Waals surface area (Å²) in [5.41, 5.74) is 1.44. The van der Waals surface area contributed by atoms with Crippen LogP contribution in [0, 0.1) is 5.82 Å². The molecule has 3 rings (SSSR count). The third-order valence-electron chi connectivity index (χ3n) is 4.10. The molecule has 0 N–H and O–H groups in total. The number of carbonyl (C=O) groups excluding carboxylic acids is 1. The van der Waals surface area contributed by atoms with E-state index in [-0.39, 0.29) is 11.7 Å². The first-order valence-corrected chi connectivity index (χ1v) is 8.01. The molecule has 1 aliphatic heterocycles. The minimum Gasteiger partial charge on any atom is -0.455 e. The molecule has 24 heavy (non-hydrogen) atoms. The number of nitrogens with zero attached hydrogens (tertiary/aromatic N) is 3. The van der Waals surface area contributed by atoms with Crippen molar-refractivity contribution >= 4 is 17.3 Å². The number of benzene rings is 1. The molecule has 0 radical (unpaired) electrons. The number of hydrogen-bond acceptors (Lipinski definition) is 4. The Bertz CT molecular complexity index is 742. The number of anilines is 2. The van der Waals surface area contributed by atoms with E-state index in [1.54, 1.807) is 17.0 Å². The maximum absolute atomic E-state index is 13.6. The lowest BCUT2D eigenvalue weighted by atomic mass is 10.2. The Morgan fingerprint density at radius 3 is 2.75 bits per heavy atom. The number of furan rings is 1. The fourth-order valence-corrected chi connectivity index (χ4v) is 2.97. The maximum Gasteiger partial charge on any atom is 0.294 e. The summed E-state index contributed by atoms with van der Waals surface area (Å²) in [4.78, 5) is 18.5. The fraction of sp³-hybridized carbons (Fsp3) is 0.389. The number of rotatable bonds is 3. The highest BCUT2D eigenvalue weighted by Crippen LogP contribution is 2.33. The lowest BCUT2D eigenvalue weighted by molar-refractivity contribution is 0.0957. The van der Waals surface area contributed by atoms with Gasteiger partial charge in [0.25, 0.3) is 5.91 Å². The lowest BCUT2D eigenvalue weighted by Gasteiger charge is -2.23. The van der Waals surface area contributed by atoms with Gasteiger partial charge >= 0.3 is 0 Å². The lowest BCUT2D eigenvalue weighted by Crippen LogP contribution is -2.31. The van der Waals surface area contributed by atoms with E-state index in [0.29, 0.717) is 24.5 Å². The number of fused-ring (bicyclic) bond motifs is 1. The summed E-state index contributed by atoms with van der Waals surface area (Å²) in [6.07, 6.45) is 0.809. The van der Waals surface area contributed by atoms with Gasteiger partial charge in [-0.1, -0.05) is 0 Å². The number of carbonyl (C=O) groups is 1. The van der Waals surface area contributed by atoms with Crippen molar-refractivity contribution in [3.05, 3.63) is 47.7 Å². The van der Waals surface area contributed by atoms with Crippen LogP contribution in [0.25, 0.3) is 0 Å². The molecule has 0 bridgehead atoms. The summed E-state index contributed by atoms with van der Waals surface area (Å²) in [6, 6.07) is 8.05. The molecule has 1 aliphatic rings. The van der Waals surface area contributed by atoms with Crippen LogP contribution in [-0.2, 0) is 6.54 Å². The van der Waals surface area contributed by atoms with E-state index < -0.39 is 0 Å². The predicted molar refractivity (Wildman–Crippen MR) is 92.1 cm³/mol. The van der Waals surface area contributed by atoms with Gasteiger partial charge in [-0.3, -0.25) is 4.79 Å². The van der Waals surface area contributed by atoms with Crippen molar-refractivity contribution in [1.29, 1.82) is 0 Å². The molecule has 128 valence electrons. The molecular formula is C18H22FN3O2. The topological polar surface area (TPSA) is 39.9 Å². The van der Waals surface area contributed by atoms with E-state index in [2.05, 4.69) is 0 Å². The van der Waals surface area contributed by atoms with Gasteiger partial charge in [0, 0.05) is 20.1 Å². The van der Waals surface area contributed by atoms with Crippen molar-refractivity contribution in [1.82, 2.24) is 4.90 Å². The van der Waals surface area contributed by atoms with Gasteiger partial charge in [0.15, 0.2) is 5.76 Å². The van der Waals surface area contributed by atoms with Gasteiger partial charge in [-0.25, -0.2) is 4.39 Å². The standard InChI is InChI=1S/C18H22FN3O2/c1-20(2)12-14-6-8-17(24-14)18(23)22-10-4-9-21(3)16-11-13(19)5-7-15(16)22/h5-8,11H,4,9-10,12H2,1-3H3. The molecule has 1 aromatic carbocycles. The summed E-state index contributed by atoms with van der Waals surface area (Å²) in [6.45, 7) is 1.98. The monoisotopic (exact) mass is 331 g/mol. The summed E-state index contributed by atoms with van der Waals surface area (Å²) in [7, 11) is 5.80. The SMILES string of the molecule is CN(C)Cc1ccc(C(=O)N2CCCN(C)c3cc(F)ccc32)o1. The van der Waals surface area contributed by atoms with Crippen LogP contribution in [0.3, 0.4) is 0 Å². The summed E-state index contributed by atoms with van der Waals surface area (Å²) in [5, 5.41) is 0. The van der Waals surface area contributed by atoms with Crippen molar-refractivity contribution < 1.29 is 13.6 Å². The Kier molecular flexibility index (Phi) is 4.57.